The van der Waals surface area contributed by atoms with Gasteiger partial charge in [0.05, 0.1) is 0 Å². The molecule has 88 valence electrons. The molecule has 0 atom stereocenters. The summed E-state index contributed by atoms with van der Waals surface area (Å²) in [5.41, 5.74) is 8.86. The first-order chi connectivity index (χ1) is 8.15. The Morgan fingerprint density at radius 1 is 1.18 bits per heavy atom. The van der Waals surface area contributed by atoms with Crippen LogP contribution in [0.25, 0.3) is 0 Å². The molecule has 0 bridgehead atoms. The number of nitrogens with two attached hydrogens (primary N) is 1. The minimum atomic E-state index is 0.794. The summed E-state index contributed by atoms with van der Waals surface area (Å²) in [6.45, 7) is 0.805. The summed E-state index contributed by atoms with van der Waals surface area (Å²) in [5, 5.41) is 3.40. The predicted molar refractivity (Wildman–Crippen MR) is 85.0 cm³/mol. The molecule has 3 N–H and O–H groups in total. The number of rotatable bonds is 3. The van der Waals surface area contributed by atoms with Gasteiger partial charge in [-0.25, -0.2) is 0 Å². The molecule has 0 radical (unpaired) electrons. The van der Waals surface area contributed by atoms with Crippen LogP contribution in [0.2, 0.25) is 0 Å². The maximum Gasteiger partial charge on any atom is 0.0480 e. The molecule has 0 aliphatic heterocycles. The molecule has 0 amide bonds. The fourth-order valence-electron chi connectivity index (χ4n) is 1.52. The Hall–Kier alpha value is -0.750. The zero-order valence-electron chi connectivity index (χ0n) is 9.08. The Kier molecular flexibility index (Phi) is 4.28. The molecule has 17 heavy (non-hydrogen) atoms. The summed E-state index contributed by atoms with van der Waals surface area (Å²) >= 11 is 5.75. The molecule has 0 saturated carbocycles. The van der Waals surface area contributed by atoms with E-state index in [4.69, 9.17) is 5.73 Å². The summed E-state index contributed by atoms with van der Waals surface area (Å²) in [4.78, 5) is 0. The molecule has 0 heterocycles. The van der Waals surface area contributed by atoms with E-state index in [2.05, 4.69) is 56.0 Å². The van der Waals surface area contributed by atoms with Gasteiger partial charge in [-0.15, -0.1) is 0 Å². The van der Waals surface area contributed by atoms with Crippen LogP contribution >= 0.6 is 38.5 Å². The highest BCUT2D eigenvalue weighted by molar-refractivity contribution is 14.1. The van der Waals surface area contributed by atoms with Gasteiger partial charge in [-0.1, -0.05) is 28.1 Å². The van der Waals surface area contributed by atoms with Gasteiger partial charge in [0.2, 0.25) is 0 Å². The standard InChI is InChI=1S/C13H12BrIN2/c14-10-3-1-2-9(6-10)8-17-13-5-4-11(16)7-12(13)15/h1-7,17H,8,16H2. The first kappa shape index (κ1) is 12.7. The van der Waals surface area contributed by atoms with Crippen LogP contribution in [0.15, 0.2) is 46.9 Å². The van der Waals surface area contributed by atoms with Crippen molar-refractivity contribution in [2.45, 2.75) is 6.54 Å². The van der Waals surface area contributed by atoms with Crippen molar-refractivity contribution in [3.05, 3.63) is 56.1 Å². The number of nitrogen functional groups attached to an aromatic ring is 1. The van der Waals surface area contributed by atoms with Gasteiger partial charge < -0.3 is 11.1 Å². The molecular weight excluding hydrogens is 391 g/mol. The molecule has 2 nitrogen and oxygen atoms in total. The van der Waals surface area contributed by atoms with Gasteiger partial charge >= 0.3 is 0 Å². The van der Waals surface area contributed by atoms with Gasteiger partial charge in [0.1, 0.15) is 0 Å². The van der Waals surface area contributed by atoms with E-state index < -0.39 is 0 Å². The Morgan fingerprint density at radius 3 is 2.71 bits per heavy atom. The van der Waals surface area contributed by atoms with E-state index in [1.807, 2.05) is 30.3 Å². The third kappa shape index (κ3) is 3.61. The fourth-order valence-corrected chi connectivity index (χ4v) is 2.70. The Balaban J connectivity index is 2.07. The normalized spacial score (nSPS) is 10.2. The summed E-state index contributed by atoms with van der Waals surface area (Å²) < 4.78 is 2.24. The van der Waals surface area contributed by atoms with Gasteiger partial charge in [-0.3, -0.25) is 0 Å². The zero-order valence-corrected chi connectivity index (χ0v) is 12.8. The van der Waals surface area contributed by atoms with E-state index in [0.29, 0.717) is 0 Å². The van der Waals surface area contributed by atoms with Gasteiger partial charge in [0, 0.05) is 26.0 Å². The smallest absolute Gasteiger partial charge is 0.0480 e. The number of hydrogen-bond acceptors (Lipinski definition) is 2. The summed E-state index contributed by atoms with van der Waals surface area (Å²) in [6, 6.07) is 14.1. The van der Waals surface area contributed by atoms with E-state index >= 15 is 0 Å². The Labute approximate surface area is 123 Å². The Morgan fingerprint density at radius 2 is 2.00 bits per heavy atom. The molecule has 4 heteroatoms. The first-order valence-corrected chi connectivity index (χ1v) is 7.05. The summed E-state index contributed by atoms with van der Waals surface area (Å²) in [6.07, 6.45) is 0. The van der Waals surface area contributed by atoms with Crippen LogP contribution in [-0.2, 0) is 6.54 Å². The van der Waals surface area contributed by atoms with Crippen molar-refractivity contribution >= 4 is 49.9 Å². The molecule has 2 aromatic rings. The molecule has 0 aromatic heterocycles. The lowest BCUT2D eigenvalue weighted by molar-refractivity contribution is 1.14. The molecule has 0 aliphatic carbocycles. The van der Waals surface area contributed by atoms with Gasteiger partial charge in [0.15, 0.2) is 0 Å². The van der Waals surface area contributed by atoms with E-state index in [9.17, 15) is 0 Å². The van der Waals surface area contributed by atoms with Crippen molar-refractivity contribution in [2.24, 2.45) is 0 Å². The SMILES string of the molecule is Nc1ccc(NCc2cccc(Br)c2)c(I)c1. The van der Waals surface area contributed by atoms with Crippen LogP contribution in [0.1, 0.15) is 5.56 Å². The van der Waals surface area contributed by atoms with E-state index in [0.717, 1.165) is 26.0 Å². The molecule has 0 aliphatic rings. The van der Waals surface area contributed by atoms with Gasteiger partial charge in [-0.05, 0) is 58.5 Å². The number of benzene rings is 2. The minimum Gasteiger partial charge on any atom is -0.399 e. The summed E-state index contributed by atoms with van der Waals surface area (Å²) in [5.74, 6) is 0. The van der Waals surface area contributed by atoms with Crippen molar-refractivity contribution in [2.75, 3.05) is 11.1 Å². The predicted octanol–water partition coefficient (Wildman–Crippen LogP) is 4.25. The lowest BCUT2D eigenvalue weighted by Gasteiger charge is -2.09. The first-order valence-electron chi connectivity index (χ1n) is 5.18. The van der Waals surface area contributed by atoms with Crippen LogP contribution in [-0.4, -0.2) is 0 Å². The zero-order chi connectivity index (χ0) is 12.3. The second kappa shape index (κ2) is 5.73. The minimum absolute atomic E-state index is 0.794. The van der Waals surface area contributed by atoms with Crippen molar-refractivity contribution in [1.82, 2.24) is 0 Å². The highest BCUT2D eigenvalue weighted by Crippen LogP contribution is 2.21. The topological polar surface area (TPSA) is 38.0 Å². The molecule has 0 fully saturated rings. The average molecular weight is 403 g/mol. The molecule has 0 saturated heterocycles. The molecule has 0 spiro atoms. The van der Waals surface area contributed by atoms with Crippen LogP contribution in [0.3, 0.4) is 0 Å². The van der Waals surface area contributed by atoms with Crippen molar-refractivity contribution < 1.29 is 0 Å². The van der Waals surface area contributed by atoms with Crippen molar-refractivity contribution in [3.8, 4) is 0 Å². The number of anilines is 2. The highest BCUT2D eigenvalue weighted by atomic mass is 127. The van der Waals surface area contributed by atoms with Gasteiger partial charge in [-0.2, -0.15) is 0 Å². The van der Waals surface area contributed by atoms with E-state index in [1.165, 1.54) is 5.56 Å². The molecular formula is C13H12BrIN2. The fraction of sp³-hybridized carbons (Fsp3) is 0.0769. The van der Waals surface area contributed by atoms with Crippen molar-refractivity contribution in [1.29, 1.82) is 0 Å². The number of hydrogen-bond donors (Lipinski definition) is 2. The second-order valence-electron chi connectivity index (χ2n) is 3.72. The van der Waals surface area contributed by atoms with Crippen LogP contribution in [0, 0.1) is 3.57 Å². The average Bonchev–Trinajstić information content (AvgIpc) is 2.28. The maximum absolute atomic E-state index is 5.72. The van der Waals surface area contributed by atoms with Crippen LogP contribution < -0.4 is 11.1 Å². The Bertz CT molecular complexity index is 529. The highest BCUT2D eigenvalue weighted by Gasteiger charge is 2.00. The van der Waals surface area contributed by atoms with E-state index in [1.54, 1.807) is 0 Å². The van der Waals surface area contributed by atoms with Crippen LogP contribution in [0.5, 0.6) is 0 Å². The lowest BCUT2D eigenvalue weighted by atomic mass is 10.2. The maximum atomic E-state index is 5.72. The number of nitrogens with one attached hydrogen (secondary N) is 1. The molecule has 2 aromatic carbocycles. The summed E-state index contributed by atoms with van der Waals surface area (Å²) in [7, 11) is 0. The van der Waals surface area contributed by atoms with Crippen molar-refractivity contribution in [3.63, 3.8) is 0 Å². The second-order valence-corrected chi connectivity index (χ2v) is 5.80. The van der Waals surface area contributed by atoms with Gasteiger partial charge in [0.25, 0.3) is 0 Å². The van der Waals surface area contributed by atoms with E-state index in [-0.39, 0.29) is 0 Å². The molecule has 2 rings (SSSR count). The third-order valence-corrected chi connectivity index (χ3v) is 3.75. The quantitative estimate of drug-likeness (QED) is 0.595. The molecule has 0 unspecified atom stereocenters. The number of halogens is 2. The third-order valence-electron chi connectivity index (χ3n) is 2.37. The lowest BCUT2D eigenvalue weighted by Crippen LogP contribution is -2.01. The van der Waals surface area contributed by atoms with Crippen LogP contribution in [0.4, 0.5) is 11.4 Å². The largest absolute Gasteiger partial charge is 0.399 e. The monoisotopic (exact) mass is 402 g/mol.